The quantitative estimate of drug-likeness (QED) is 0.112. The summed E-state index contributed by atoms with van der Waals surface area (Å²) in [5, 5.41) is 4.63. The van der Waals surface area contributed by atoms with Crippen LogP contribution in [0.5, 0.6) is 0 Å². The summed E-state index contributed by atoms with van der Waals surface area (Å²) in [6, 6.07) is 9.35. The number of pyridine rings is 2. The summed E-state index contributed by atoms with van der Waals surface area (Å²) in [4.78, 5) is 22.6. The fourth-order valence-corrected chi connectivity index (χ4v) is 8.56. The Bertz CT molecular complexity index is 2010. The standard InChI is InChI=1S/C34H32ClF4N5O3S/c1-32(2,3)20-43(48(46,47)27-10-11-30(35)41-19-27)26-7-4-22-15-29-21(18-42-44(29)25-8-5-24(36)6-9-25)16-33(22,17-26)31(45)28-14-23(12-13-40-28)34(37,38)39/h5-6,8-15,18-19,26H,4,7,16-17,20H2,1-3H3/t26-,33-/m0/s1. The van der Waals surface area contributed by atoms with E-state index in [1.807, 2.05) is 26.8 Å². The third-order valence-corrected chi connectivity index (χ3v) is 10.9. The molecule has 1 fully saturated rings. The molecule has 3 heterocycles. The molecule has 0 aliphatic heterocycles. The minimum absolute atomic E-state index is 0.00686. The number of carbonyl (C=O) groups is 1. The van der Waals surface area contributed by atoms with E-state index in [2.05, 4.69) is 15.1 Å². The van der Waals surface area contributed by atoms with Gasteiger partial charge in [-0.15, -0.1) is 0 Å². The number of ketones is 1. The first-order chi connectivity index (χ1) is 22.5. The molecule has 0 N–H and O–H groups in total. The van der Waals surface area contributed by atoms with Gasteiger partial charge in [0.2, 0.25) is 10.0 Å². The molecular weight excluding hydrogens is 670 g/mol. The van der Waals surface area contributed by atoms with Crippen LogP contribution < -0.4 is 0 Å². The average Bonchev–Trinajstić information content (AvgIpc) is 3.44. The van der Waals surface area contributed by atoms with Crippen molar-refractivity contribution in [1.82, 2.24) is 24.1 Å². The number of aromatic nitrogens is 4. The summed E-state index contributed by atoms with van der Waals surface area (Å²) in [5.74, 6) is -1.05. The van der Waals surface area contributed by atoms with E-state index in [4.69, 9.17) is 11.6 Å². The number of sulfonamides is 1. The van der Waals surface area contributed by atoms with Gasteiger partial charge in [0.15, 0.2) is 5.78 Å². The zero-order chi connectivity index (χ0) is 34.6. The van der Waals surface area contributed by atoms with Crippen molar-refractivity contribution in [2.24, 2.45) is 10.8 Å². The molecule has 2 aliphatic carbocycles. The zero-order valence-corrected chi connectivity index (χ0v) is 27.9. The SMILES string of the molecule is CC(C)(C)CN([C@H]1CCC2=Cc3c(cnn3-c3ccc(F)cc3)C[C@]2(C(=O)c2cc(C(F)(F)F)ccn2)C1)S(=O)(=O)c1ccc(Cl)nc1. The van der Waals surface area contributed by atoms with Gasteiger partial charge in [0.25, 0.3) is 0 Å². The number of hydrogen-bond donors (Lipinski definition) is 0. The number of alkyl halides is 3. The lowest BCUT2D eigenvalue weighted by Gasteiger charge is -2.47. The molecule has 8 nitrogen and oxygen atoms in total. The molecule has 1 saturated carbocycles. The second-order valence-electron chi connectivity index (χ2n) is 13.5. The first-order valence-electron chi connectivity index (χ1n) is 15.2. The lowest BCUT2D eigenvalue weighted by Crippen LogP contribution is -2.52. The Morgan fingerprint density at radius 2 is 1.79 bits per heavy atom. The van der Waals surface area contributed by atoms with Gasteiger partial charge < -0.3 is 0 Å². The molecule has 48 heavy (non-hydrogen) atoms. The van der Waals surface area contributed by atoms with Crippen molar-refractivity contribution < 1.29 is 30.8 Å². The highest BCUT2D eigenvalue weighted by atomic mass is 35.5. The number of hydrogen-bond acceptors (Lipinski definition) is 6. The van der Waals surface area contributed by atoms with Crippen molar-refractivity contribution in [2.45, 2.75) is 63.6 Å². The maximum absolute atomic E-state index is 14.6. The normalized spacial score (nSPS) is 19.9. The van der Waals surface area contributed by atoms with Crippen molar-refractivity contribution in [1.29, 1.82) is 0 Å². The van der Waals surface area contributed by atoms with Crippen molar-refractivity contribution in [3.05, 3.63) is 106 Å². The first kappa shape index (κ1) is 33.9. The van der Waals surface area contributed by atoms with Gasteiger partial charge in [-0.2, -0.15) is 22.6 Å². The summed E-state index contributed by atoms with van der Waals surface area (Å²) in [7, 11) is -4.16. The van der Waals surface area contributed by atoms with Crippen molar-refractivity contribution in [3.8, 4) is 5.69 Å². The van der Waals surface area contributed by atoms with E-state index in [-0.39, 0.29) is 41.5 Å². The Hall–Kier alpha value is -3.94. The molecule has 0 saturated heterocycles. The van der Waals surface area contributed by atoms with Gasteiger partial charge in [0.05, 0.1) is 28.6 Å². The highest BCUT2D eigenvalue weighted by Gasteiger charge is 2.52. The summed E-state index contributed by atoms with van der Waals surface area (Å²) in [5.41, 5.74) is -0.785. The lowest BCUT2D eigenvalue weighted by atomic mass is 9.60. The molecule has 4 aromatic rings. The smallest absolute Gasteiger partial charge is 0.291 e. The molecule has 0 bridgehead atoms. The van der Waals surface area contributed by atoms with Gasteiger partial charge in [-0.05, 0) is 91.3 Å². The minimum Gasteiger partial charge on any atom is -0.291 e. The number of fused-ring (bicyclic) bond motifs is 2. The summed E-state index contributed by atoms with van der Waals surface area (Å²) < 4.78 is 86.4. The number of Topliss-reactive ketones (excluding diaryl/α,β-unsaturated/α-hetero) is 1. The monoisotopic (exact) mass is 701 g/mol. The summed E-state index contributed by atoms with van der Waals surface area (Å²) >= 11 is 5.95. The average molecular weight is 702 g/mol. The van der Waals surface area contributed by atoms with Gasteiger partial charge in [-0.25, -0.2) is 22.5 Å². The number of allylic oxidation sites excluding steroid dienone is 1. The Labute approximate surface area is 280 Å². The van der Waals surface area contributed by atoms with Crippen molar-refractivity contribution in [3.63, 3.8) is 0 Å². The molecule has 2 aliphatic rings. The van der Waals surface area contributed by atoms with Gasteiger partial charge in [0.1, 0.15) is 21.6 Å². The Morgan fingerprint density at radius 3 is 2.44 bits per heavy atom. The largest absolute Gasteiger partial charge is 0.416 e. The molecule has 0 radical (unpaired) electrons. The Morgan fingerprint density at radius 1 is 1.06 bits per heavy atom. The highest BCUT2D eigenvalue weighted by Crippen LogP contribution is 2.52. The number of carbonyl (C=O) groups excluding carboxylic acids is 1. The molecule has 1 aromatic carbocycles. The highest BCUT2D eigenvalue weighted by molar-refractivity contribution is 7.89. The third-order valence-electron chi connectivity index (χ3n) is 8.81. The molecule has 6 rings (SSSR count). The van der Waals surface area contributed by atoms with Crippen LogP contribution in [0.3, 0.4) is 0 Å². The van der Waals surface area contributed by atoms with Gasteiger partial charge >= 0.3 is 6.18 Å². The van der Waals surface area contributed by atoms with Gasteiger partial charge in [0, 0.05) is 25.0 Å². The molecule has 0 spiro atoms. The maximum Gasteiger partial charge on any atom is 0.416 e. The summed E-state index contributed by atoms with van der Waals surface area (Å²) in [6.45, 7) is 5.79. The first-order valence-corrected chi connectivity index (χ1v) is 17.1. The molecule has 3 aromatic heterocycles. The van der Waals surface area contributed by atoms with E-state index >= 15 is 0 Å². The van der Waals surface area contributed by atoms with E-state index in [0.29, 0.717) is 28.9 Å². The zero-order valence-electron chi connectivity index (χ0n) is 26.3. The second kappa shape index (κ2) is 12.2. The molecule has 0 amide bonds. The fourth-order valence-electron chi connectivity index (χ4n) is 6.62. The molecule has 2 atom stereocenters. The van der Waals surface area contributed by atoms with Crippen LogP contribution in [0.1, 0.15) is 67.3 Å². The van der Waals surface area contributed by atoms with Crippen LogP contribution >= 0.6 is 11.6 Å². The van der Waals surface area contributed by atoms with Gasteiger partial charge in [-0.3, -0.25) is 9.78 Å². The molecule has 252 valence electrons. The third kappa shape index (κ3) is 6.42. The van der Waals surface area contributed by atoms with Crippen LogP contribution in [0, 0.1) is 16.6 Å². The molecule has 0 unspecified atom stereocenters. The van der Waals surface area contributed by atoms with Crippen LogP contribution in [0.4, 0.5) is 17.6 Å². The van der Waals surface area contributed by atoms with Crippen LogP contribution in [-0.4, -0.2) is 50.8 Å². The fraction of sp³-hybridized carbons (Fsp3) is 0.353. The van der Waals surface area contributed by atoms with E-state index in [9.17, 15) is 30.8 Å². The van der Waals surface area contributed by atoms with Crippen molar-refractivity contribution >= 4 is 33.5 Å². The number of rotatable bonds is 7. The summed E-state index contributed by atoms with van der Waals surface area (Å²) in [6.07, 6.45) is 1.49. The van der Waals surface area contributed by atoms with Crippen LogP contribution in [0.15, 0.2) is 77.6 Å². The lowest BCUT2D eigenvalue weighted by molar-refractivity contribution is -0.137. The van der Waals surface area contributed by atoms with E-state index in [1.165, 1.54) is 34.8 Å². The van der Waals surface area contributed by atoms with Crippen molar-refractivity contribution in [2.75, 3.05) is 6.54 Å². The van der Waals surface area contributed by atoms with Crippen LogP contribution in [0.25, 0.3) is 11.8 Å². The van der Waals surface area contributed by atoms with Crippen LogP contribution in [-0.2, 0) is 22.6 Å². The minimum atomic E-state index is -4.70. The topological polar surface area (TPSA) is 98.0 Å². The molecular formula is C34H32ClF4N5O3S. The Kier molecular flexibility index (Phi) is 8.62. The van der Waals surface area contributed by atoms with E-state index in [1.54, 1.807) is 23.0 Å². The Balaban J connectivity index is 1.48. The van der Waals surface area contributed by atoms with E-state index in [0.717, 1.165) is 18.3 Å². The predicted molar refractivity (Wildman–Crippen MR) is 171 cm³/mol. The number of halogens is 5. The van der Waals surface area contributed by atoms with E-state index < -0.39 is 50.2 Å². The number of nitrogens with zero attached hydrogens (tertiary/aromatic N) is 5. The molecule has 14 heteroatoms. The van der Waals surface area contributed by atoms with Gasteiger partial charge in [-0.1, -0.05) is 37.9 Å². The maximum atomic E-state index is 14.6. The second-order valence-corrected chi connectivity index (χ2v) is 15.7. The predicted octanol–water partition coefficient (Wildman–Crippen LogP) is 7.57. The number of benzene rings is 1. The van der Waals surface area contributed by atoms with Crippen LogP contribution in [0.2, 0.25) is 5.15 Å².